The highest BCUT2D eigenvalue weighted by molar-refractivity contribution is 9.09. The largest absolute Gasteiger partial charge is 0.326 e. The van der Waals surface area contributed by atoms with Gasteiger partial charge in [-0.25, -0.2) is 0 Å². The normalized spacial score (nSPS) is 10.1. The molecule has 0 aliphatic carbocycles. The van der Waals surface area contributed by atoms with E-state index in [1.165, 1.54) is 0 Å². The van der Waals surface area contributed by atoms with Crippen LogP contribution in [0.25, 0.3) is 0 Å². The first-order valence-corrected chi connectivity index (χ1v) is 5.87. The standard InChI is InChI=1S/C11H15BrN2O/c1-7-3-4-10(14-11(15)5-12)8(2)9(7)6-13/h3-4H,5-6,13H2,1-2H3,(H,14,15). The fraction of sp³-hybridized carbons (Fsp3) is 0.364. The molecule has 3 nitrogen and oxygen atoms in total. The number of aryl methyl sites for hydroxylation is 1. The fourth-order valence-electron chi connectivity index (χ4n) is 1.53. The highest BCUT2D eigenvalue weighted by Crippen LogP contribution is 2.22. The number of carbonyl (C=O) groups is 1. The second-order valence-electron chi connectivity index (χ2n) is 3.42. The number of hydrogen-bond donors (Lipinski definition) is 2. The lowest BCUT2D eigenvalue weighted by atomic mass is 10.0. The van der Waals surface area contributed by atoms with E-state index in [-0.39, 0.29) is 5.91 Å². The Morgan fingerprint density at radius 1 is 1.47 bits per heavy atom. The first-order valence-electron chi connectivity index (χ1n) is 4.75. The van der Waals surface area contributed by atoms with E-state index in [2.05, 4.69) is 21.2 Å². The third-order valence-electron chi connectivity index (χ3n) is 2.43. The lowest BCUT2D eigenvalue weighted by molar-refractivity contribution is -0.113. The Bertz CT molecular complexity index is 377. The molecule has 0 spiro atoms. The summed E-state index contributed by atoms with van der Waals surface area (Å²) in [5.74, 6) is -0.0510. The van der Waals surface area contributed by atoms with Gasteiger partial charge in [0.05, 0.1) is 5.33 Å². The number of carbonyl (C=O) groups excluding carboxylic acids is 1. The molecule has 0 aromatic heterocycles. The number of hydrogen-bond acceptors (Lipinski definition) is 2. The van der Waals surface area contributed by atoms with Crippen LogP contribution in [0.2, 0.25) is 0 Å². The number of nitrogens with one attached hydrogen (secondary N) is 1. The Labute approximate surface area is 98.2 Å². The van der Waals surface area contributed by atoms with Gasteiger partial charge in [0.1, 0.15) is 0 Å². The van der Waals surface area contributed by atoms with Crippen molar-refractivity contribution < 1.29 is 4.79 Å². The number of amides is 1. The number of nitrogens with two attached hydrogens (primary N) is 1. The van der Waals surface area contributed by atoms with Crippen LogP contribution in [0.1, 0.15) is 16.7 Å². The molecule has 1 aromatic rings. The number of rotatable bonds is 3. The molecule has 0 saturated carbocycles. The molecule has 1 aromatic carbocycles. The van der Waals surface area contributed by atoms with Crippen LogP contribution < -0.4 is 11.1 Å². The molecule has 0 radical (unpaired) electrons. The van der Waals surface area contributed by atoms with Crippen LogP contribution in [0.3, 0.4) is 0 Å². The van der Waals surface area contributed by atoms with Crippen LogP contribution in [0.4, 0.5) is 5.69 Å². The Hall–Kier alpha value is -0.870. The Morgan fingerprint density at radius 2 is 2.13 bits per heavy atom. The Kier molecular flexibility index (Phi) is 4.29. The van der Waals surface area contributed by atoms with E-state index in [4.69, 9.17) is 5.73 Å². The van der Waals surface area contributed by atoms with Crippen molar-refractivity contribution in [3.05, 3.63) is 28.8 Å². The van der Waals surface area contributed by atoms with E-state index in [0.29, 0.717) is 11.9 Å². The van der Waals surface area contributed by atoms with Crippen LogP contribution in [0.15, 0.2) is 12.1 Å². The van der Waals surface area contributed by atoms with Gasteiger partial charge in [0, 0.05) is 12.2 Å². The zero-order valence-corrected chi connectivity index (χ0v) is 10.5. The Balaban J connectivity index is 3.05. The molecule has 82 valence electrons. The average Bonchev–Trinajstić information content (AvgIpc) is 2.23. The maximum Gasteiger partial charge on any atom is 0.235 e. The lowest BCUT2D eigenvalue weighted by Gasteiger charge is -2.13. The summed E-state index contributed by atoms with van der Waals surface area (Å²) in [6.07, 6.45) is 0. The van der Waals surface area contributed by atoms with Crippen molar-refractivity contribution in [2.75, 3.05) is 10.6 Å². The van der Waals surface area contributed by atoms with Crippen molar-refractivity contribution in [1.29, 1.82) is 0 Å². The van der Waals surface area contributed by atoms with Gasteiger partial charge in [-0.3, -0.25) is 4.79 Å². The molecule has 1 rings (SSSR count). The molecule has 0 aliphatic rings. The van der Waals surface area contributed by atoms with Crippen LogP contribution in [-0.2, 0) is 11.3 Å². The maximum atomic E-state index is 11.2. The second kappa shape index (κ2) is 5.28. The zero-order valence-electron chi connectivity index (χ0n) is 8.93. The number of alkyl halides is 1. The van der Waals surface area contributed by atoms with Gasteiger partial charge in [-0.15, -0.1) is 0 Å². The highest BCUT2D eigenvalue weighted by Gasteiger charge is 2.07. The summed E-state index contributed by atoms with van der Waals surface area (Å²) in [6, 6.07) is 3.88. The molecule has 4 heteroatoms. The van der Waals surface area contributed by atoms with Gasteiger partial charge in [0.15, 0.2) is 0 Å². The van der Waals surface area contributed by atoms with Crippen LogP contribution in [0.5, 0.6) is 0 Å². The molecule has 0 saturated heterocycles. The minimum atomic E-state index is -0.0510. The van der Waals surface area contributed by atoms with E-state index in [1.807, 2.05) is 26.0 Å². The van der Waals surface area contributed by atoms with Gasteiger partial charge in [-0.05, 0) is 36.6 Å². The summed E-state index contributed by atoms with van der Waals surface area (Å²) < 4.78 is 0. The van der Waals surface area contributed by atoms with Gasteiger partial charge in [0.25, 0.3) is 0 Å². The monoisotopic (exact) mass is 270 g/mol. The van der Waals surface area contributed by atoms with Crippen molar-refractivity contribution in [3.8, 4) is 0 Å². The van der Waals surface area contributed by atoms with Crippen LogP contribution in [-0.4, -0.2) is 11.2 Å². The van der Waals surface area contributed by atoms with Crippen LogP contribution >= 0.6 is 15.9 Å². The third-order valence-corrected chi connectivity index (χ3v) is 2.94. The van der Waals surface area contributed by atoms with E-state index >= 15 is 0 Å². The number of anilines is 1. The first-order chi connectivity index (χ1) is 7.10. The van der Waals surface area contributed by atoms with Gasteiger partial charge in [0.2, 0.25) is 5.91 Å². The molecular weight excluding hydrogens is 256 g/mol. The maximum absolute atomic E-state index is 11.2. The van der Waals surface area contributed by atoms with Gasteiger partial charge in [-0.1, -0.05) is 22.0 Å². The summed E-state index contributed by atoms with van der Waals surface area (Å²) in [5, 5.41) is 3.12. The van der Waals surface area contributed by atoms with E-state index in [9.17, 15) is 4.79 Å². The molecule has 0 atom stereocenters. The molecule has 0 fully saturated rings. The topological polar surface area (TPSA) is 55.1 Å². The smallest absolute Gasteiger partial charge is 0.235 e. The van der Waals surface area contributed by atoms with E-state index in [1.54, 1.807) is 0 Å². The average molecular weight is 271 g/mol. The van der Waals surface area contributed by atoms with Crippen LogP contribution in [0, 0.1) is 13.8 Å². The van der Waals surface area contributed by atoms with Crippen molar-refractivity contribution in [2.24, 2.45) is 5.73 Å². The molecular formula is C11H15BrN2O. The number of benzene rings is 1. The van der Waals surface area contributed by atoms with Gasteiger partial charge in [-0.2, -0.15) is 0 Å². The van der Waals surface area contributed by atoms with Crippen molar-refractivity contribution >= 4 is 27.5 Å². The molecule has 0 aliphatic heterocycles. The summed E-state index contributed by atoms with van der Waals surface area (Å²) in [6.45, 7) is 4.49. The quantitative estimate of drug-likeness (QED) is 0.827. The minimum Gasteiger partial charge on any atom is -0.326 e. The summed E-state index contributed by atoms with van der Waals surface area (Å²) in [5.41, 5.74) is 9.81. The number of halogens is 1. The summed E-state index contributed by atoms with van der Waals surface area (Å²) in [7, 11) is 0. The minimum absolute atomic E-state index is 0.0510. The van der Waals surface area contributed by atoms with E-state index in [0.717, 1.165) is 22.4 Å². The fourth-order valence-corrected chi connectivity index (χ4v) is 1.67. The Morgan fingerprint density at radius 3 is 2.67 bits per heavy atom. The molecule has 1 amide bonds. The highest BCUT2D eigenvalue weighted by atomic mass is 79.9. The predicted molar refractivity (Wildman–Crippen MR) is 66.2 cm³/mol. The van der Waals surface area contributed by atoms with Crippen molar-refractivity contribution in [3.63, 3.8) is 0 Å². The molecule has 15 heavy (non-hydrogen) atoms. The first kappa shape index (κ1) is 12.2. The van der Waals surface area contributed by atoms with Gasteiger partial charge >= 0.3 is 0 Å². The predicted octanol–water partition coefficient (Wildman–Crippen LogP) is 2.10. The van der Waals surface area contributed by atoms with Crippen molar-refractivity contribution in [2.45, 2.75) is 20.4 Å². The zero-order chi connectivity index (χ0) is 11.4. The molecule has 0 bridgehead atoms. The second-order valence-corrected chi connectivity index (χ2v) is 3.98. The summed E-state index contributed by atoms with van der Waals surface area (Å²) >= 11 is 3.11. The SMILES string of the molecule is Cc1ccc(NC(=O)CBr)c(C)c1CN. The summed E-state index contributed by atoms with van der Waals surface area (Å²) in [4.78, 5) is 11.2. The molecule has 0 heterocycles. The van der Waals surface area contributed by atoms with E-state index < -0.39 is 0 Å². The molecule has 3 N–H and O–H groups in total. The van der Waals surface area contributed by atoms with Gasteiger partial charge < -0.3 is 11.1 Å². The lowest BCUT2D eigenvalue weighted by Crippen LogP contribution is -2.14. The van der Waals surface area contributed by atoms with Crippen molar-refractivity contribution in [1.82, 2.24) is 0 Å². The molecule has 0 unspecified atom stereocenters. The third kappa shape index (κ3) is 2.79.